The van der Waals surface area contributed by atoms with E-state index in [1.54, 1.807) is 28.1 Å². The van der Waals surface area contributed by atoms with Gasteiger partial charge in [-0.2, -0.15) is 0 Å². The highest BCUT2D eigenvalue weighted by Gasteiger charge is 2.39. The van der Waals surface area contributed by atoms with Gasteiger partial charge in [-0.3, -0.25) is 24.0 Å². The summed E-state index contributed by atoms with van der Waals surface area (Å²) in [6.07, 6.45) is 7.38. The lowest BCUT2D eigenvalue weighted by atomic mass is 9.99. The zero-order valence-corrected chi connectivity index (χ0v) is 31.9. The van der Waals surface area contributed by atoms with E-state index in [1.807, 2.05) is 68.5 Å². The molecule has 13 nitrogen and oxygen atoms in total. The molecular formula is C43H48N6O7. The van der Waals surface area contributed by atoms with Crippen molar-refractivity contribution in [2.24, 2.45) is 5.92 Å². The SMILES string of the molecule is CC(=O)N[C@@H](C(=O)N1CCC[C@H]1C(=O)CC1=Cc2oc(-c3ccc(-c4cnc([C@@H]5CCCN5C(=O)[C@@H](NC(=O)CO)C(C)C)[nH]4)cc3)cc2C1)c1ccccc1. The number of H-pyrrole nitrogens is 1. The van der Waals surface area contributed by atoms with Gasteiger partial charge in [-0.05, 0) is 61.3 Å². The second-order valence-corrected chi connectivity index (χ2v) is 15.3. The van der Waals surface area contributed by atoms with Crippen LogP contribution in [0.2, 0.25) is 0 Å². The highest BCUT2D eigenvalue weighted by atomic mass is 16.3. The van der Waals surface area contributed by atoms with Gasteiger partial charge < -0.3 is 34.9 Å². The van der Waals surface area contributed by atoms with Gasteiger partial charge in [0.2, 0.25) is 23.6 Å². The number of furan rings is 1. The molecule has 4 aromatic rings. The summed E-state index contributed by atoms with van der Waals surface area (Å²) in [5, 5.41) is 14.6. The number of benzene rings is 2. The normalized spacial score (nSPS) is 18.8. The van der Waals surface area contributed by atoms with Gasteiger partial charge in [-0.15, -0.1) is 0 Å². The second-order valence-electron chi connectivity index (χ2n) is 15.3. The fourth-order valence-corrected chi connectivity index (χ4v) is 8.14. The summed E-state index contributed by atoms with van der Waals surface area (Å²) in [6.45, 7) is 5.47. The Balaban J connectivity index is 0.981. The number of hydrogen-bond donors (Lipinski definition) is 4. The number of carbonyl (C=O) groups excluding carboxylic acids is 5. The number of Topliss-reactive ketones (excluding diaryl/α,β-unsaturated/α-hetero) is 1. The third kappa shape index (κ3) is 8.08. The number of carbonyl (C=O) groups is 5. The summed E-state index contributed by atoms with van der Waals surface area (Å²) >= 11 is 0. The fourth-order valence-electron chi connectivity index (χ4n) is 8.14. The van der Waals surface area contributed by atoms with E-state index in [-0.39, 0.29) is 41.9 Å². The minimum atomic E-state index is -0.847. The number of likely N-dealkylation sites (tertiary alicyclic amines) is 2. The number of fused-ring (bicyclic) bond motifs is 1. The maximum atomic E-state index is 13.7. The van der Waals surface area contributed by atoms with Crippen LogP contribution in [0.25, 0.3) is 28.7 Å². The topological polar surface area (TPSA) is 178 Å². The Kier molecular flexibility index (Phi) is 11.3. The van der Waals surface area contributed by atoms with Gasteiger partial charge in [0, 0.05) is 37.6 Å². The van der Waals surface area contributed by atoms with Crippen LogP contribution in [0.5, 0.6) is 0 Å². The van der Waals surface area contributed by atoms with E-state index in [9.17, 15) is 29.1 Å². The standard InChI is InChI=1S/C43H48N6O7/c1-25(2)39(47-38(53)24-50)42(54)49-18-8-12-34(49)41-44-23-32(46-41)28-13-15-29(16-14-28)37-22-31-19-27(21-36(31)56-37)20-35(52)33-11-7-17-48(33)43(55)40(45-26(3)51)30-9-5-4-6-10-30/h4-6,9-10,13-16,21-23,25,33-34,39-40,50H,7-8,11-12,17-20,24H2,1-3H3,(H,44,46)(H,45,51)(H,47,53)/t33-,34-,39-,40+/m0/s1. The molecular weight excluding hydrogens is 713 g/mol. The molecule has 0 saturated carbocycles. The van der Waals surface area contributed by atoms with Gasteiger partial charge in [0.1, 0.15) is 36.0 Å². The van der Waals surface area contributed by atoms with E-state index in [4.69, 9.17) is 4.42 Å². The number of allylic oxidation sites excluding steroid dienone is 1. The van der Waals surface area contributed by atoms with Gasteiger partial charge in [0.15, 0.2) is 5.78 Å². The molecule has 2 aromatic heterocycles. The van der Waals surface area contributed by atoms with Gasteiger partial charge in [-0.1, -0.05) is 74.0 Å². The fraction of sp³-hybridized carbons (Fsp3) is 0.395. The minimum Gasteiger partial charge on any atom is -0.456 e. The van der Waals surface area contributed by atoms with Crippen molar-refractivity contribution in [2.75, 3.05) is 19.7 Å². The number of aliphatic hydroxyl groups excluding tert-OH is 1. The number of ketones is 1. The lowest BCUT2D eigenvalue weighted by Gasteiger charge is -2.30. The Hall–Kier alpha value is -5.82. The number of nitrogens with zero attached hydrogens (tertiary/aromatic N) is 3. The Morgan fingerprint density at radius 1 is 0.929 bits per heavy atom. The molecule has 1 aliphatic carbocycles. The first-order chi connectivity index (χ1) is 27.0. The predicted molar refractivity (Wildman–Crippen MR) is 208 cm³/mol. The third-order valence-corrected chi connectivity index (χ3v) is 11.0. The molecule has 4 N–H and O–H groups in total. The molecule has 2 aliphatic heterocycles. The van der Waals surface area contributed by atoms with Crippen LogP contribution in [0.3, 0.4) is 0 Å². The molecule has 0 spiro atoms. The lowest BCUT2D eigenvalue weighted by Crippen LogP contribution is -2.51. The molecule has 4 amide bonds. The third-order valence-electron chi connectivity index (χ3n) is 11.0. The summed E-state index contributed by atoms with van der Waals surface area (Å²) in [6, 6.07) is 16.7. The number of aromatic amines is 1. The molecule has 3 aliphatic rings. The average molecular weight is 761 g/mol. The van der Waals surface area contributed by atoms with E-state index in [0.29, 0.717) is 37.3 Å². The van der Waals surface area contributed by atoms with Crippen molar-refractivity contribution in [3.63, 3.8) is 0 Å². The Morgan fingerprint density at radius 3 is 2.34 bits per heavy atom. The number of amides is 4. The smallest absolute Gasteiger partial charge is 0.250 e. The van der Waals surface area contributed by atoms with Crippen LogP contribution in [0, 0.1) is 5.92 Å². The second kappa shape index (κ2) is 16.5. The van der Waals surface area contributed by atoms with Crippen molar-refractivity contribution in [2.45, 2.75) is 83.5 Å². The molecule has 56 heavy (non-hydrogen) atoms. The van der Waals surface area contributed by atoms with Crippen LogP contribution in [0.1, 0.15) is 87.7 Å². The van der Waals surface area contributed by atoms with Gasteiger partial charge in [-0.25, -0.2) is 4.98 Å². The van der Waals surface area contributed by atoms with Crippen LogP contribution in [0.15, 0.2) is 76.9 Å². The number of aliphatic hydroxyl groups is 1. The number of imidazole rings is 1. The van der Waals surface area contributed by atoms with Gasteiger partial charge in [0.25, 0.3) is 0 Å². The van der Waals surface area contributed by atoms with Gasteiger partial charge in [0.05, 0.1) is 24.0 Å². The number of nitrogens with one attached hydrogen (secondary N) is 3. The maximum Gasteiger partial charge on any atom is 0.250 e. The summed E-state index contributed by atoms with van der Waals surface area (Å²) in [5.41, 5.74) is 5.26. The quantitative estimate of drug-likeness (QED) is 0.149. The monoisotopic (exact) mass is 760 g/mol. The molecule has 4 atom stereocenters. The highest BCUT2D eigenvalue weighted by Crippen LogP contribution is 2.37. The Labute approximate surface area is 325 Å². The first-order valence-corrected chi connectivity index (χ1v) is 19.3. The lowest BCUT2D eigenvalue weighted by molar-refractivity contribution is -0.140. The van der Waals surface area contributed by atoms with Crippen molar-refractivity contribution in [1.29, 1.82) is 0 Å². The molecule has 2 saturated heterocycles. The summed E-state index contributed by atoms with van der Waals surface area (Å²) in [5.74, 6) is 0.625. The van der Waals surface area contributed by atoms with Crippen LogP contribution < -0.4 is 10.6 Å². The Bertz CT molecular complexity index is 2140. The van der Waals surface area contributed by atoms with Gasteiger partial charge >= 0.3 is 0 Å². The van der Waals surface area contributed by atoms with E-state index in [1.165, 1.54) is 6.92 Å². The van der Waals surface area contributed by atoms with Crippen LogP contribution in [-0.2, 0) is 30.4 Å². The predicted octanol–water partition coefficient (Wildman–Crippen LogP) is 4.90. The molecule has 0 radical (unpaired) electrons. The molecule has 13 heteroatoms. The average Bonchev–Trinajstić information content (AvgIpc) is 4.04. The largest absolute Gasteiger partial charge is 0.456 e. The highest BCUT2D eigenvalue weighted by molar-refractivity contribution is 5.95. The minimum absolute atomic E-state index is 0.0156. The first kappa shape index (κ1) is 38.5. The number of aromatic nitrogens is 2. The molecule has 4 heterocycles. The van der Waals surface area contributed by atoms with Crippen molar-refractivity contribution >= 4 is 35.5 Å². The zero-order chi connectivity index (χ0) is 39.5. The number of rotatable bonds is 13. The molecule has 7 rings (SSSR count). The molecule has 2 fully saturated rings. The van der Waals surface area contributed by atoms with Crippen LogP contribution in [-0.4, -0.2) is 86.1 Å². The maximum absolute atomic E-state index is 13.7. The van der Waals surface area contributed by atoms with Crippen molar-refractivity contribution in [3.05, 3.63) is 95.1 Å². The summed E-state index contributed by atoms with van der Waals surface area (Å²) < 4.78 is 6.25. The van der Waals surface area contributed by atoms with Crippen LogP contribution in [0.4, 0.5) is 0 Å². The molecule has 0 bridgehead atoms. The van der Waals surface area contributed by atoms with Crippen molar-refractivity contribution < 1.29 is 33.5 Å². The Morgan fingerprint density at radius 2 is 1.64 bits per heavy atom. The van der Waals surface area contributed by atoms with E-state index in [0.717, 1.165) is 58.7 Å². The van der Waals surface area contributed by atoms with Crippen molar-refractivity contribution in [3.8, 4) is 22.6 Å². The van der Waals surface area contributed by atoms with E-state index >= 15 is 0 Å². The van der Waals surface area contributed by atoms with E-state index < -0.39 is 30.6 Å². The molecule has 2 aromatic carbocycles. The van der Waals surface area contributed by atoms with Crippen LogP contribution >= 0.6 is 0 Å². The molecule has 292 valence electrons. The summed E-state index contributed by atoms with van der Waals surface area (Å²) in [4.78, 5) is 76.2. The first-order valence-electron chi connectivity index (χ1n) is 19.3. The molecule has 0 unspecified atom stereocenters. The van der Waals surface area contributed by atoms with E-state index in [2.05, 4.69) is 20.6 Å². The van der Waals surface area contributed by atoms with Crippen molar-refractivity contribution in [1.82, 2.24) is 30.4 Å². The summed E-state index contributed by atoms with van der Waals surface area (Å²) in [7, 11) is 0. The zero-order valence-electron chi connectivity index (χ0n) is 31.9. The number of hydrogen-bond acceptors (Lipinski definition) is 8.